The lowest BCUT2D eigenvalue weighted by Gasteiger charge is -2.21. The number of aromatic nitrogens is 5. The fourth-order valence-corrected chi connectivity index (χ4v) is 5.13. The Labute approximate surface area is 210 Å². The summed E-state index contributed by atoms with van der Waals surface area (Å²) >= 11 is 0. The molecular weight excluding hydrogens is 448 g/mol. The molecule has 0 spiro atoms. The van der Waals surface area contributed by atoms with E-state index in [4.69, 9.17) is 9.72 Å². The van der Waals surface area contributed by atoms with Gasteiger partial charge in [0.1, 0.15) is 17.7 Å². The van der Waals surface area contributed by atoms with E-state index in [1.165, 1.54) is 12.8 Å². The highest BCUT2D eigenvalue weighted by Gasteiger charge is 2.22. The first-order valence-corrected chi connectivity index (χ1v) is 12.9. The van der Waals surface area contributed by atoms with Crippen LogP contribution in [-0.4, -0.2) is 44.1 Å². The van der Waals surface area contributed by atoms with Gasteiger partial charge < -0.3 is 10.1 Å². The zero-order chi connectivity index (χ0) is 24.6. The van der Waals surface area contributed by atoms with Crippen molar-refractivity contribution < 1.29 is 4.74 Å². The van der Waals surface area contributed by atoms with Crippen LogP contribution >= 0.6 is 0 Å². The molecule has 6 rings (SSSR count). The van der Waals surface area contributed by atoms with Crippen LogP contribution in [0.3, 0.4) is 0 Å². The number of hydrogen-bond acceptors (Lipinski definition) is 5. The Balaban J connectivity index is 1.28. The summed E-state index contributed by atoms with van der Waals surface area (Å²) in [4.78, 5) is 4.70. The van der Waals surface area contributed by atoms with Crippen LogP contribution in [0.25, 0.3) is 44.3 Å². The van der Waals surface area contributed by atoms with Gasteiger partial charge in [-0.2, -0.15) is 10.2 Å². The van der Waals surface area contributed by atoms with Gasteiger partial charge in [0.05, 0.1) is 11.2 Å². The molecule has 7 nitrogen and oxygen atoms in total. The molecular formula is C29H32N6O. The van der Waals surface area contributed by atoms with E-state index in [-0.39, 0.29) is 6.10 Å². The average Bonchev–Trinajstić information content (AvgIpc) is 3.64. The third kappa shape index (κ3) is 4.46. The van der Waals surface area contributed by atoms with E-state index < -0.39 is 0 Å². The van der Waals surface area contributed by atoms with Gasteiger partial charge in [-0.05, 0) is 79.4 Å². The molecule has 0 saturated carbocycles. The minimum Gasteiger partial charge on any atom is -0.489 e. The van der Waals surface area contributed by atoms with Gasteiger partial charge in [-0.3, -0.25) is 10.2 Å². The zero-order valence-electron chi connectivity index (χ0n) is 21.0. The quantitative estimate of drug-likeness (QED) is 0.270. The molecule has 3 aromatic carbocycles. The molecule has 1 aliphatic heterocycles. The number of fused-ring (bicyclic) bond motifs is 2. The molecule has 3 heterocycles. The minimum atomic E-state index is 0.152. The Morgan fingerprint density at radius 1 is 0.917 bits per heavy atom. The monoisotopic (exact) mass is 480 g/mol. The van der Waals surface area contributed by atoms with Gasteiger partial charge in [0.25, 0.3) is 0 Å². The van der Waals surface area contributed by atoms with E-state index in [1.807, 2.05) is 12.1 Å². The first-order chi connectivity index (χ1) is 17.5. The first kappa shape index (κ1) is 22.7. The SMILES string of the molecule is CC(C)Cc1nc(-c2ccc3[nH]nc(-c4ccc5cc(OC(C)C6CCCN6)ccc5c4)c3c2)n[nH]1. The highest BCUT2D eigenvalue weighted by Crippen LogP contribution is 2.32. The summed E-state index contributed by atoms with van der Waals surface area (Å²) in [5.74, 6) is 3.07. The smallest absolute Gasteiger partial charge is 0.181 e. The van der Waals surface area contributed by atoms with Gasteiger partial charge >= 0.3 is 0 Å². The Kier molecular flexibility index (Phi) is 5.93. The number of rotatable bonds is 7. The van der Waals surface area contributed by atoms with Crippen LogP contribution in [0.1, 0.15) is 39.4 Å². The number of aromatic amines is 2. The number of H-pyrrole nitrogens is 2. The van der Waals surface area contributed by atoms with Crippen LogP contribution in [0.15, 0.2) is 54.6 Å². The highest BCUT2D eigenvalue weighted by atomic mass is 16.5. The molecule has 2 unspecified atom stereocenters. The molecule has 184 valence electrons. The third-order valence-corrected chi connectivity index (χ3v) is 7.03. The Morgan fingerprint density at radius 3 is 2.58 bits per heavy atom. The van der Waals surface area contributed by atoms with Crippen LogP contribution in [-0.2, 0) is 6.42 Å². The summed E-state index contributed by atoms with van der Waals surface area (Å²) in [5.41, 5.74) is 3.96. The zero-order valence-corrected chi connectivity index (χ0v) is 21.0. The molecule has 7 heteroatoms. The normalized spacial score (nSPS) is 16.8. The Hall–Kier alpha value is -3.71. The van der Waals surface area contributed by atoms with Crippen LogP contribution < -0.4 is 10.1 Å². The van der Waals surface area contributed by atoms with E-state index in [9.17, 15) is 0 Å². The third-order valence-electron chi connectivity index (χ3n) is 7.03. The predicted octanol–water partition coefficient (Wildman–Crippen LogP) is 5.89. The maximum atomic E-state index is 6.25. The van der Waals surface area contributed by atoms with Crippen LogP contribution in [0, 0.1) is 5.92 Å². The lowest BCUT2D eigenvalue weighted by Crippen LogP contribution is -2.36. The van der Waals surface area contributed by atoms with E-state index in [0.29, 0.717) is 17.8 Å². The van der Waals surface area contributed by atoms with Crippen molar-refractivity contribution in [2.75, 3.05) is 6.54 Å². The van der Waals surface area contributed by atoms with Crippen LogP contribution in [0.4, 0.5) is 0 Å². The second kappa shape index (κ2) is 9.39. The molecule has 0 aliphatic carbocycles. The van der Waals surface area contributed by atoms with Crippen molar-refractivity contribution in [3.63, 3.8) is 0 Å². The summed E-state index contributed by atoms with van der Waals surface area (Å²) in [5, 5.41) is 22.2. The Bertz CT molecular complexity index is 1510. The summed E-state index contributed by atoms with van der Waals surface area (Å²) in [6, 6.07) is 19.4. The standard InChI is InChI=1S/C29H32N6O/c1-17(2)13-27-31-29(35-33-27)22-9-11-26-24(16-22)28(34-32-26)21-7-6-20-15-23(10-8-19(20)14-21)36-18(3)25-5-4-12-30-25/h6-11,14-18,25,30H,4-5,12-13H2,1-3H3,(H,32,34)(H,31,33,35). The summed E-state index contributed by atoms with van der Waals surface area (Å²) < 4.78 is 6.25. The van der Waals surface area contributed by atoms with Gasteiger partial charge in [0, 0.05) is 29.0 Å². The van der Waals surface area contributed by atoms with Gasteiger partial charge in [0.2, 0.25) is 0 Å². The number of ether oxygens (including phenoxy) is 1. The van der Waals surface area contributed by atoms with Crippen LogP contribution in [0.5, 0.6) is 5.75 Å². The topological polar surface area (TPSA) is 91.5 Å². The van der Waals surface area contributed by atoms with Crippen molar-refractivity contribution in [1.82, 2.24) is 30.7 Å². The molecule has 0 bridgehead atoms. The van der Waals surface area contributed by atoms with Gasteiger partial charge in [-0.25, -0.2) is 4.98 Å². The fourth-order valence-electron chi connectivity index (χ4n) is 5.13. The second-order valence-corrected chi connectivity index (χ2v) is 10.3. The molecule has 3 N–H and O–H groups in total. The molecule has 0 amide bonds. The molecule has 1 saturated heterocycles. The summed E-state index contributed by atoms with van der Waals surface area (Å²) in [6.07, 6.45) is 3.43. The van der Waals surface area contributed by atoms with Crippen molar-refractivity contribution in [3.05, 3.63) is 60.4 Å². The lowest BCUT2D eigenvalue weighted by molar-refractivity contribution is 0.180. The van der Waals surface area contributed by atoms with Crippen molar-refractivity contribution in [2.45, 2.75) is 52.2 Å². The largest absolute Gasteiger partial charge is 0.489 e. The lowest BCUT2D eigenvalue weighted by atomic mass is 10.0. The molecule has 2 atom stereocenters. The van der Waals surface area contributed by atoms with Crippen LogP contribution in [0.2, 0.25) is 0 Å². The number of benzene rings is 3. The fraction of sp³-hybridized carbons (Fsp3) is 0.345. The van der Waals surface area contributed by atoms with E-state index in [0.717, 1.165) is 63.0 Å². The highest BCUT2D eigenvalue weighted by molar-refractivity contribution is 5.97. The van der Waals surface area contributed by atoms with Crippen molar-refractivity contribution in [1.29, 1.82) is 0 Å². The number of nitrogens with one attached hydrogen (secondary N) is 3. The molecule has 1 fully saturated rings. The minimum absolute atomic E-state index is 0.152. The molecule has 0 radical (unpaired) electrons. The molecule has 36 heavy (non-hydrogen) atoms. The van der Waals surface area contributed by atoms with Crippen molar-refractivity contribution in [2.24, 2.45) is 5.92 Å². The Morgan fingerprint density at radius 2 is 1.75 bits per heavy atom. The van der Waals surface area contributed by atoms with Gasteiger partial charge in [-0.1, -0.05) is 32.0 Å². The van der Waals surface area contributed by atoms with Gasteiger partial charge in [0.15, 0.2) is 5.82 Å². The summed E-state index contributed by atoms with van der Waals surface area (Å²) in [6.45, 7) is 7.59. The maximum Gasteiger partial charge on any atom is 0.181 e. The van der Waals surface area contributed by atoms with E-state index in [2.05, 4.69) is 88.9 Å². The predicted molar refractivity (Wildman–Crippen MR) is 144 cm³/mol. The van der Waals surface area contributed by atoms with E-state index in [1.54, 1.807) is 0 Å². The average molecular weight is 481 g/mol. The molecule has 2 aromatic heterocycles. The number of hydrogen-bond donors (Lipinski definition) is 3. The van der Waals surface area contributed by atoms with E-state index >= 15 is 0 Å². The van der Waals surface area contributed by atoms with Crippen molar-refractivity contribution in [3.8, 4) is 28.4 Å². The molecule has 5 aromatic rings. The first-order valence-electron chi connectivity index (χ1n) is 12.9. The number of nitrogens with zero attached hydrogens (tertiary/aromatic N) is 3. The maximum absolute atomic E-state index is 6.25. The second-order valence-electron chi connectivity index (χ2n) is 10.3. The van der Waals surface area contributed by atoms with Crippen molar-refractivity contribution >= 4 is 21.7 Å². The summed E-state index contributed by atoms with van der Waals surface area (Å²) in [7, 11) is 0. The van der Waals surface area contributed by atoms with Gasteiger partial charge in [-0.15, -0.1) is 0 Å². The molecule has 1 aliphatic rings.